The summed E-state index contributed by atoms with van der Waals surface area (Å²) >= 11 is 0. The van der Waals surface area contributed by atoms with Crippen LogP contribution in [0.2, 0.25) is 0 Å². The van der Waals surface area contributed by atoms with E-state index in [-0.39, 0.29) is 29.9 Å². The molecule has 1 aromatic carbocycles. The first kappa shape index (κ1) is 18.0. The topological polar surface area (TPSA) is 60.7 Å². The summed E-state index contributed by atoms with van der Waals surface area (Å²) in [7, 11) is 1.65. The largest absolute Gasteiger partial charge is 0.493 e. The van der Waals surface area contributed by atoms with Gasteiger partial charge in [0.15, 0.2) is 11.5 Å². The van der Waals surface area contributed by atoms with Crippen molar-refractivity contribution in [3.63, 3.8) is 0 Å². The number of methoxy groups -OCH3 is 1. The number of carbonyl (C=O) groups excluding carboxylic acids is 1. The normalized spacial score (nSPS) is 23.0. The molecule has 1 N–H and O–H groups in total. The summed E-state index contributed by atoms with van der Waals surface area (Å²) < 4.78 is 17.0. The third-order valence-corrected chi connectivity index (χ3v) is 5.68. The average molecular weight is 369 g/mol. The van der Waals surface area contributed by atoms with E-state index in [1.165, 1.54) is 12.8 Å². The Balaban J connectivity index is 1.38. The van der Waals surface area contributed by atoms with Crippen LogP contribution in [0.1, 0.15) is 62.3 Å². The van der Waals surface area contributed by atoms with Crippen molar-refractivity contribution in [2.24, 2.45) is 5.92 Å². The van der Waals surface area contributed by atoms with Gasteiger partial charge in [-0.2, -0.15) is 0 Å². The number of nitrogens with one attached hydrogen (secondary N) is 1. The van der Waals surface area contributed by atoms with Gasteiger partial charge in [0.25, 0.3) is 0 Å². The maximum absolute atomic E-state index is 12.5. The maximum atomic E-state index is 12.5. The van der Waals surface area contributed by atoms with Crippen LogP contribution in [0.15, 0.2) is 41.0 Å². The number of carbonyl (C=O) groups is 1. The molecule has 144 valence electrons. The van der Waals surface area contributed by atoms with Gasteiger partial charge in [0.1, 0.15) is 5.76 Å². The second-order valence-electron chi connectivity index (χ2n) is 7.63. The number of furan rings is 1. The molecule has 2 aliphatic carbocycles. The van der Waals surface area contributed by atoms with Gasteiger partial charge in [-0.15, -0.1) is 0 Å². The Hall–Kier alpha value is -2.43. The number of benzene rings is 1. The van der Waals surface area contributed by atoms with Crippen LogP contribution in [0, 0.1) is 5.92 Å². The quantitative estimate of drug-likeness (QED) is 0.775. The molecule has 2 aromatic rings. The van der Waals surface area contributed by atoms with Gasteiger partial charge in [0, 0.05) is 11.8 Å². The molecular formula is C22H27NO4. The predicted octanol–water partition coefficient (Wildman–Crippen LogP) is 4.59. The molecule has 2 fully saturated rings. The standard InChI is InChI=1S/C22H27NO4/c1-14(23-22(24)18-13-17(18)19-8-5-11-26-19)15-9-10-20(21(12-15)25-2)27-16-6-3-4-7-16/h5,8-12,14,16-18H,3-4,6-7,13H2,1-2H3,(H,23,24). The fraction of sp³-hybridized carbons (Fsp3) is 0.500. The number of hydrogen-bond acceptors (Lipinski definition) is 4. The van der Waals surface area contributed by atoms with Crippen LogP contribution in [0.3, 0.4) is 0 Å². The van der Waals surface area contributed by atoms with Crippen LogP contribution in [0.4, 0.5) is 0 Å². The third kappa shape index (κ3) is 3.97. The van der Waals surface area contributed by atoms with Gasteiger partial charge < -0.3 is 19.2 Å². The highest BCUT2D eigenvalue weighted by Gasteiger charge is 2.46. The van der Waals surface area contributed by atoms with E-state index in [1.807, 2.05) is 37.3 Å². The Morgan fingerprint density at radius 2 is 2.04 bits per heavy atom. The summed E-state index contributed by atoms with van der Waals surface area (Å²) in [6.45, 7) is 1.99. The Morgan fingerprint density at radius 3 is 2.74 bits per heavy atom. The van der Waals surface area contributed by atoms with Crippen molar-refractivity contribution >= 4 is 5.91 Å². The summed E-state index contributed by atoms with van der Waals surface area (Å²) in [6.07, 6.45) is 7.47. The summed E-state index contributed by atoms with van der Waals surface area (Å²) in [5.41, 5.74) is 1.01. The second-order valence-corrected chi connectivity index (χ2v) is 7.63. The first-order chi connectivity index (χ1) is 13.2. The van der Waals surface area contributed by atoms with Crippen LogP contribution in [-0.2, 0) is 4.79 Å². The van der Waals surface area contributed by atoms with E-state index in [0.29, 0.717) is 0 Å². The molecule has 0 saturated heterocycles. The van der Waals surface area contributed by atoms with E-state index in [9.17, 15) is 4.79 Å². The fourth-order valence-corrected chi connectivity index (χ4v) is 3.94. The van der Waals surface area contributed by atoms with Crippen molar-refractivity contribution in [2.45, 2.75) is 57.1 Å². The van der Waals surface area contributed by atoms with Crippen molar-refractivity contribution in [1.29, 1.82) is 0 Å². The number of rotatable bonds is 7. The smallest absolute Gasteiger partial charge is 0.224 e. The summed E-state index contributed by atoms with van der Waals surface area (Å²) in [5.74, 6) is 2.70. The van der Waals surface area contributed by atoms with Crippen LogP contribution in [0.25, 0.3) is 0 Å². The Kier molecular flexibility index (Phi) is 5.10. The number of amides is 1. The lowest BCUT2D eigenvalue weighted by molar-refractivity contribution is -0.123. The zero-order valence-corrected chi connectivity index (χ0v) is 15.9. The van der Waals surface area contributed by atoms with E-state index >= 15 is 0 Å². The van der Waals surface area contributed by atoms with Crippen molar-refractivity contribution in [2.75, 3.05) is 7.11 Å². The van der Waals surface area contributed by atoms with Crippen molar-refractivity contribution in [3.05, 3.63) is 47.9 Å². The minimum atomic E-state index is -0.0928. The van der Waals surface area contributed by atoms with Gasteiger partial charge >= 0.3 is 0 Å². The molecular weight excluding hydrogens is 342 g/mol. The van der Waals surface area contributed by atoms with E-state index in [4.69, 9.17) is 13.9 Å². The minimum Gasteiger partial charge on any atom is -0.493 e. The van der Waals surface area contributed by atoms with Crippen LogP contribution >= 0.6 is 0 Å². The van der Waals surface area contributed by atoms with Gasteiger partial charge in [-0.25, -0.2) is 0 Å². The van der Waals surface area contributed by atoms with Crippen molar-refractivity contribution in [3.8, 4) is 11.5 Å². The highest BCUT2D eigenvalue weighted by molar-refractivity contribution is 5.83. The lowest BCUT2D eigenvalue weighted by Crippen LogP contribution is -2.28. The fourth-order valence-electron chi connectivity index (χ4n) is 3.94. The Bertz CT molecular complexity index is 780. The molecule has 1 heterocycles. The van der Waals surface area contributed by atoms with Gasteiger partial charge in [-0.1, -0.05) is 6.07 Å². The Labute approximate surface area is 160 Å². The molecule has 0 aliphatic heterocycles. The van der Waals surface area contributed by atoms with Gasteiger partial charge in [-0.3, -0.25) is 4.79 Å². The molecule has 0 bridgehead atoms. The van der Waals surface area contributed by atoms with E-state index < -0.39 is 0 Å². The van der Waals surface area contributed by atoms with E-state index in [0.717, 1.165) is 42.1 Å². The number of ether oxygens (including phenoxy) is 2. The predicted molar refractivity (Wildman–Crippen MR) is 102 cm³/mol. The molecule has 2 aliphatic rings. The molecule has 5 nitrogen and oxygen atoms in total. The molecule has 3 unspecified atom stereocenters. The highest BCUT2D eigenvalue weighted by atomic mass is 16.5. The molecule has 0 radical (unpaired) electrons. The molecule has 4 rings (SSSR count). The molecule has 27 heavy (non-hydrogen) atoms. The van der Waals surface area contributed by atoms with Gasteiger partial charge in [0.2, 0.25) is 5.91 Å². The molecule has 2 saturated carbocycles. The molecule has 0 spiro atoms. The lowest BCUT2D eigenvalue weighted by Gasteiger charge is -2.19. The van der Waals surface area contributed by atoms with Gasteiger partial charge in [0.05, 0.1) is 25.5 Å². The van der Waals surface area contributed by atoms with Crippen LogP contribution in [-0.4, -0.2) is 19.1 Å². The first-order valence-electron chi connectivity index (χ1n) is 9.84. The summed E-state index contributed by atoms with van der Waals surface area (Å²) in [6, 6.07) is 9.64. The van der Waals surface area contributed by atoms with Crippen LogP contribution in [0.5, 0.6) is 11.5 Å². The third-order valence-electron chi connectivity index (χ3n) is 5.68. The number of hydrogen-bond donors (Lipinski definition) is 1. The first-order valence-corrected chi connectivity index (χ1v) is 9.84. The molecule has 3 atom stereocenters. The Morgan fingerprint density at radius 1 is 1.22 bits per heavy atom. The molecule has 5 heteroatoms. The zero-order chi connectivity index (χ0) is 18.8. The lowest BCUT2D eigenvalue weighted by atomic mass is 10.1. The minimum absolute atomic E-state index is 0.00506. The SMILES string of the molecule is COc1cc(C(C)NC(=O)C2CC2c2ccco2)ccc1OC1CCCC1. The molecule has 1 amide bonds. The average Bonchev–Trinajstić information content (AvgIpc) is 3.07. The summed E-state index contributed by atoms with van der Waals surface area (Å²) in [4.78, 5) is 12.5. The summed E-state index contributed by atoms with van der Waals surface area (Å²) in [5, 5.41) is 3.12. The molecule has 1 aromatic heterocycles. The zero-order valence-electron chi connectivity index (χ0n) is 15.9. The van der Waals surface area contributed by atoms with Gasteiger partial charge in [-0.05, 0) is 68.9 Å². The monoisotopic (exact) mass is 369 g/mol. The van der Waals surface area contributed by atoms with E-state index in [1.54, 1.807) is 13.4 Å². The van der Waals surface area contributed by atoms with Crippen molar-refractivity contribution < 1.29 is 18.7 Å². The van der Waals surface area contributed by atoms with Crippen molar-refractivity contribution in [1.82, 2.24) is 5.32 Å². The maximum Gasteiger partial charge on any atom is 0.224 e. The highest BCUT2D eigenvalue weighted by Crippen LogP contribution is 2.48. The van der Waals surface area contributed by atoms with Crippen LogP contribution < -0.4 is 14.8 Å². The second kappa shape index (κ2) is 7.67. The van der Waals surface area contributed by atoms with E-state index in [2.05, 4.69) is 5.32 Å².